The fraction of sp³-hybridized carbons (Fsp3) is 0.462. The van der Waals surface area contributed by atoms with Crippen LogP contribution < -0.4 is 14.8 Å². The molecule has 0 amide bonds. The van der Waals surface area contributed by atoms with Crippen molar-refractivity contribution in [3.8, 4) is 11.5 Å². The third-order valence-electron chi connectivity index (χ3n) is 3.05. The van der Waals surface area contributed by atoms with E-state index in [0.29, 0.717) is 24.0 Å². The van der Waals surface area contributed by atoms with Gasteiger partial charge in [-0.3, -0.25) is 0 Å². The number of aromatic carboxylic acids is 1. The van der Waals surface area contributed by atoms with Crippen molar-refractivity contribution >= 4 is 5.97 Å². The first kappa shape index (κ1) is 12.7. The smallest absolute Gasteiger partial charge is 0.335 e. The van der Waals surface area contributed by atoms with Crippen molar-refractivity contribution in [2.24, 2.45) is 5.92 Å². The molecule has 1 heterocycles. The molecular formula is C13H17NO4. The van der Waals surface area contributed by atoms with Crippen molar-refractivity contribution in [1.82, 2.24) is 5.32 Å². The van der Waals surface area contributed by atoms with Gasteiger partial charge >= 0.3 is 5.97 Å². The molecule has 1 aromatic carbocycles. The molecule has 1 fully saturated rings. The molecule has 1 aromatic rings. The molecule has 2 rings (SSSR count). The van der Waals surface area contributed by atoms with E-state index < -0.39 is 5.97 Å². The molecule has 0 spiro atoms. The Balaban J connectivity index is 2.08. The van der Waals surface area contributed by atoms with Crippen molar-refractivity contribution < 1.29 is 19.4 Å². The first-order valence-electron chi connectivity index (χ1n) is 5.95. The van der Waals surface area contributed by atoms with Crippen molar-refractivity contribution in [1.29, 1.82) is 0 Å². The van der Waals surface area contributed by atoms with E-state index in [4.69, 9.17) is 14.6 Å². The maximum absolute atomic E-state index is 10.9. The number of hydrogen-bond donors (Lipinski definition) is 2. The molecular weight excluding hydrogens is 234 g/mol. The highest BCUT2D eigenvalue weighted by atomic mass is 16.5. The van der Waals surface area contributed by atoms with Crippen LogP contribution in [0.2, 0.25) is 0 Å². The van der Waals surface area contributed by atoms with E-state index in [2.05, 4.69) is 5.32 Å². The summed E-state index contributed by atoms with van der Waals surface area (Å²) in [6.45, 7) is 2.54. The molecule has 1 atom stereocenters. The molecule has 1 unspecified atom stereocenters. The summed E-state index contributed by atoms with van der Waals surface area (Å²) >= 11 is 0. The van der Waals surface area contributed by atoms with Crippen LogP contribution in [-0.2, 0) is 0 Å². The van der Waals surface area contributed by atoms with E-state index in [1.807, 2.05) is 0 Å². The van der Waals surface area contributed by atoms with Gasteiger partial charge in [-0.25, -0.2) is 4.79 Å². The highest BCUT2D eigenvalue weighted by Crippen LogP contribution is 2.28. The van der Waals surface area contributed by atoms with Crippen molar-refractivity contribution in [2.45, 2.75) is 6.42 Å². The van der Waals surface area contributed by atoms with Gasteiger partial charge in [-0.15, -0.1) is 0 Å². The number of nitrogens with one attached hydrogen (secondary N) is 1. The monoisotopic (exact) mass is 251 g/mol. The van der Waals surface area contributed by atoms with Crippen LogP contribution in [0, 0.1) is 5.92 Å². The average molecular weight is 251 g/mol. The highest BCUT2D eigenvalue weighted by Gasteiger charge is 2.17. The van der Waals surface area contributed by atoms with Crippen LogP contribution in [0.15, 0.2) is 18.2 Å². The predicted molar refractivity (Wildman–Crippen MR) is 66.4 cm³/mol. The number of carboxylic acids is 1. The van der Waals surface area contributed by atoms with Crippen LogP contribution in [0.3, 0.4) is 0 Å². The van der Waals surface area contributed by atoms with Gasteiger partial charge in [-0.05, 0) is 31.2 Å². The lowest BCUT2D eigenvalue weighted by Gasteiger charge is -2.14. The molecule has 1 saturated heterocycles. The second-order valence-electron chi connectivity index (χ2n) is 4.34. The van der Waals surface area contributed by atoms with Gasteiger partial charge in [0, 0.05) is 12.5 Å². The largest absolute Gasteiger partial charge is 0.493 e. The summed E-state index contributed by atoms with van der Waals surface area (Å²) in [4.78, 5) is 10.9. The lowest BCUT2D eigenvalue weighted by Crippen LogP contribution is -2.16. The van der Waals surface area contributed by atoms with E-state index in [1.54, 1.807) is 13.2 Å². The number of hydrogen-bond acceptors (Lipinski definition) is 4. The van der Waals surface area contributed by atoms with E-state index >= 15 is 0 Å². The lowest BCUT2D eigenvalue weighted by molar-refractivity contribution is 0.0696. The predicted octanol–water partition coefficient (Wildman–Crippen LogP) is 1.38. The maximum Gasteiger partial charge on any atom is 0.335 e. The second kappa shape index (κ2) is 5.73. The van der Waals surface area contributed by atoms with E-state index in [-0.39, 0.29) is 5.56 Å². The summed E-state index contributed by atoms with van der Waals surface area (Å²) in [5.74, 6) is 0.559. The minimum atomic E-state index is -0.968. The van der Waals surface area contributed by atoms with Crippen LogP contribution in [0.1, 0.15) is 16.8 Å². The Bertz CT molecular complexity index is 427. The van der Waals surface area contributed by atoms with Crippen molar-refractivity contribution in [3.05, 3.63) is 23.8 Å². The highest BCUT2D eigenvalue weighted by molar-refractivity contribution is 5.88. The summed E-state index contributed by atoms with van der Waals surface area (Å²) < 4.78 is 10.8. The summed E-state index contributed by atoms with van der Waals surface area (Å²) in [6.07, 6.45) is 1.08. The van der Waals surface area contributed by atoms with Gasteiger partial charge in [0.15, 0.2) is 11.5 Å². The molecule has 0 radical (unpaired) electrons. The SMILES string of the molecule is COc1ccc(C(=O)O)cc1OCC1CCNC1. The fourth-order valence-corrected chi connectivity index (χ4v) is 1.99. The topological polar surface area (TPSA) is 67.8 Å². The minimum Gasteiger partial charge on any atom is -0.493 e. The van der Waals surface area contributed by atoms with Gasteiger partial charge in [0.1, 0.15) is 0 Å². The van der Waals surface area contributed by atoms with Gasteiger partial charge in [0.2, 0.25) is 0 Å². The van der Waals surface area contributed by atoms with Gasteiger partial charge in [-0.1, -0.05) is 0 Å². The zero-order chi connectivity index (χ0) is 13.0. The number of methoxy groups -OCH3 is 1. The molecule has 0 saturated carbocycles. The summed E-state index contributed by atoms with van der Waals surface area (Å²) in [7, 11) is 1.54. The van der Waals surface area contributed by atoms with Gasteiger partial charge in [-0.2, -0.15) is 0 Å². The number of carbonyl (C=O) groups is 1. The normalized spacial score (nSPS) is 18.6. The number of carboxylic acid groups (broad SMARTS) is 1. The van der Waals surface area contributed by atoms with E-state index in [9.17, 15) is 4.79 Å². The van der Waals surface area contributed by atoms with Gasteiger partial charge < -0.3 is 19.9 Å². The maximum atomic E-state index is 10.9. The van der Waals surface area contributed by atoms with Crippen molar-refractivity contribution in [3.63, 3.8) is 0 Å². The second-order valence-corrected chi connectivity index (χ2v) is 4.34. The molecule has 1 aliphatic rings. The zero-order valence-corrected chi connectivity index (χ0v) is 10.3. The third-order valence-corrected chi connectivity index (χ3v) is 3.05. The molecule has 98 valence electrons. The molecule has 0 bridgehead atoms. The van der Waals surface area contributed by atoms with Crippen LogP contribution >= 0.6 is 0 Å². The Hall–Kier alpha value is -1.75. The quantitative estimate of drug-likeness (QED) is 0.827. The fourth-order valence-electron chi connectivity index (χ4n) is 1.99. The van der Waals surface area contributed by atoms with Gasteiger partial charge in [0.05, 0.1) is 19.3 Å². The molecule has 18 heavy (non-hydrogen) atoms. The van der Waals surface area contributed by atoms with Crippen molar-refractivity contribution in [2.75, 3.05) is 26.8 Å². The Kier molecular flexibility index (Phi) is 4.04. The Morgan fingerprint density at radius 3 is 2.94 bits per heavy atom. The first-order valence-corrected chi connectivity index (χ1v) is 5.95. The zero-order valence-electron chi connectivity index (χ0n) is 10.3. The molecule has 2 N–H and O–H groups in total. The first-order chi connectivity index (χ1) is 8.70. The van der Waals surface area contributed by atoms with Crippen LogP contribution in [0.5, 0.6) is 11.5 Å². The number of ether oxygens (including phenoxy) is 2. The number of benzene rings is 1. The minimum absolute atomic E-state index is 0.204. The Morgan fingerprint density at radius 1 is 1.50 bits per heavy atom. The molecule has 0 aliphatic carbocycles. The summed E-state index contributed by atoms with van der Waals surface area (Å²) in [5.41, 5.74) is 0.204. The Morgan fingerprint density at radius 2 is 2.33 bits per heavy atom. The van der Waals surface area contributed by atoms with Crippen LogP contribution in [-0.4, -0.2) is 37.9 Å². The van der Waals surface area contributed by atoms with E-state index in [0.717, 1.165) is 19.5 Å². The molecule has 5 nitrogen and oxygen atoms in total. The lowest BCUT2D eigenvalue weighted by atomic mass is 10.1. The third kappa shape index (κ3) is 2.92. The number of rotatable bonds is 5. The summed E-state index contributed by atoms with van der Waals surface area (Å²) in [5, 5.41) is 12.2. The summed E-state index contributed by atoms with van der Waals surface area (Å²) in [6, 6.07) is 4.63. The van der Waals surface area contributed by atoms with Crippen LogP contribution in [0.25, 0.3) is 0 Å². The molecule has 0 aromatic heterocycles. The average Bonchev–Trinajstić information content (AvgIpc) is 2.89. The van der Waals surface area contributed by atoms with Gasteiger partial charge in [0.25, 0.3) is 0 Å². The standard InChI is InChI=1S/C13H17NO4/c1-17-11-3-2-10(13(15)16)6-12(11)18-8-9-4-5-14-7-9/h2-3,6,9,14H,4-5,7-8H2,1H3,(H,15,16). The van der Waals surface area contributed by atoms with E-state index in [1.165, 1.54) is 12.1 Å². The molecule has 5 heteroatoms. The molecule has 1 aliphatic heterocycles. The van der Waals surface area contributed by atoms with Crippen LogP contribution in [0.4, 0.5) is 0 Å². The Labute approximate surface area is 106 Å².